The lowest BCUT2D eigenvalue weighted by Gasteiger charge is -2.27. The van der Waals surface area contributed by atoms with Crippen LogP contribution in [0.25, 0.3) is 0 Å². The summed E-state index contributed by atoms with van der Waals surface area (Å²) in [4.78, 5) is 39.4. The van der Waals surface area contributed by atoms with Crippen LogP contribution >= 0.6 is 27.0 Å². The lowest BCUT2D eigenvalue weighted by atomic mass is 10.0. The van der Waals surface area contributed by atoms with Crippen LogP contribution in [-0.2, 0) is 20.7 Å². The summed E-state index contributed by atoms with van der Waals surface area (Å²) in [6.45, 7) is 0.497. The van der Waals surface area contributed by atoms with Crippen molar-refractivity contribution in [3.8, 4) is 0 Å². The van der Waals surface area contributed by atoms with Gasteiger partial charge in [-0.2, -0.15) is 27.0 Å². The Balaban J connectivity index is 0.00000150. The van der Waals surface area contributed by atoms with E-state index in [1.165, 1.54) is 12.5 Å². The molecule has 1 aromatic heterocycles. The molecule has 2 aliphatic heterocycles. The summed E-state index contributed by atoms with van der Waals surface area (Å²) in [6, 6.07) is 9.69. The number of hydrogen-bond donors (Lipinski definition) is 1. The number of fused-ring (bicyclic) bond motifs is 1. The van der Waals surface area contributed by atoms with E-state index in [0.29, 0.717) is 24.9 Å². The van der Waals surface area contributed by atoms with Crippen LogP contribution in [0.2, 0.25) is 0 Å². The van der Waals surface area contributed by atoms with Gasteiger partial charge in [-0.25, -0.2) is 0 Å². The van der Waals surface area contributed by atoms with Crippen molar-refractivity contribution in [1.29, 1.82) is 0 Å². The van der Waals surface area contributed by atoms with E-state index >= 15 is 0 Å². The molecule has 0 unspecified atom stereocenters. The van der Waals surface area contributed by atoms with Crippen molar-refractivity contribution >= 4 is 44.6 Å². The van der Waals surface area contributed by atoms with Gasteiger partial charge >= 0.3 is 0 Å². The van der Waals surface area contributed by atoms with E-state index in [9.17, 15) is 14.4 Å². The van der Waals surface area contributed by atoms with Crippen LogP contribution in [0.5, 0.6) is 0 Å². The lowest BCUT2D eigenvalue weighted by Crippen LogP contribution is -2.53. The van der Waals surface area contributed by atoms with E-state index < -0.39 is 12.1 Å². The average Bonchev–Trinajstić information content (AvgIpc) is 3.41. The van der Waals surface area contributed by atoms with Crippen LogP contribution in [0.15, 0.2) is 53.3 Å². The topological polar surface area (TPSA) is 88.9 Å². The number of ketones is 1. The third-order valence-corrected chi connectivity index (χ3v) is 5.06. The molecule has 0 aliphatic carbocycles. The van der Waals surface area contributed by atoms with Crippen LogP contribution in [0, 0.1) is 0 Å². The average molecular weight is 437 g/mol. The van der Waals surface area contributed by atoms with E-state index in [0.717, 1.165) is 5.56 Å². The number of benzene rings is 1. The fourth-order valence-corrected chi connectivity index (χ4v) is 3.73. The van der Waals surface area contributed by atoms with Gasteiger partial charge in [0.25, 0.3) is 5.91 Å². The molecule has 9 heteroatoms. The van der Waals surface area contributed by atoms with Gasteiger partial charge in [-0.1, -0.05) is 30.3 Å². The minimum Gasteiger partial charge on any atom is -0.472 e. The third kappa shape index (κ3) is 4.85. The molecule has 7 nitrogen and oxygen atoms in total. The Kier molecular flexibility index (Phi) is 7.95. The fraction of sp³-hybridized carbons (Fsp3) is 0.350. The first-order valence-corrected chi connectivity index (χ1v) is 8.95. The number of ether oxygens (including phenoxy) is 1. The molecule has 2 aromatic rings. The molecule has 1 aromatic carbocycles. The van der Waals surface area contributed by atoms with Crippen molar-refractivity contribution in [3.63, 3.8) is 0 Å². The number of hydrogen-bond acceptors (Lipinski definition) is 5. The smallest absolute Gasteiger partial charge is 0.255 e. The largest absolute Gasteiger partial charge is 0.472 e. The standard InChI is InChI=1S/C20H20N2O5.2H2S/c23-16-12-27-17-6-8-22(18(16)17)20(25)15(10-13-4-2-1-3-5-13)21-19(24)14-7-9-26-11-14;;/h1-5,7,9,11,15,17-18H,6,8,10,12H2,(H,21,24);2*1H2/t15-,17+,18+;;/m0../s1. The van der Waals surface area contributed by atoms with Crippen molar-refractivity contribution < 1.29 is 23.5 Å². The molecule has 2 aliphatic rings. The van der Waals surface area contributed by atoms with Gasteiger partial charge in [-0.3, -0.25) is 14.4 Å². The molecule has 0 bridgehead atoms. The Labute approximate surface area is 182 Å². The monoisotopic (exact) mass is 436 g/mol. The first-order valence-electron chi connectivity index (χ1n) is 8.95. The van der Waals surface area contributed by atoms with E-state index in [1.54, 1.807) is 11.0 Å². The second kappa shape index (κ2) is 10.00. The Bertz CT molecular complexity index is 844. The molecule has 2 fully saturated rings. The third-order valence-electron chi connectivity index (χ3n) is 5.06. The predicted octanol–water partition coefficient (Wildman–Crippen LogP) is 1.42. The summed E-state index contributed by atoms with van der Waals surface area (Å²) in [5.41, 5.74) is 1.27. The maximum Gasteiger partial charge on any atom is 0.255 e. The number of rotatable bonds is 5. The van der Waals surface area contributed by atoms with Crippen molar-refractivity contribution in [2.75, 3.05) is 13.2 Å². The normalized spacial score (nSPS) is 21.0. The molecule has 29 heavy (non-hydrogen) atoms. The zero-order valence-corrected chi connectivity index (χ0v) is 17.7. The molecule has 0 saturated carbocycles. The fourth-order valence-electron chi connectivity index (χ4n) is 3.73. The zero-order chi connectivity index (χ0) is 18.8. The molecule has 0 radical (unpaired) electrons. The first kappa shape index (κ1) is 23.1. The first-order chi connectivity index (χ1) is 13.1. The van der Waals surface area contributed by atoms with Gasteiger partial charge in [0, 0.05) is 13.0 Å². The zero-order valence-electron chi connectivity index (χ0n) is 15.7. The summed E-state index contributed by atoms with van der Waals surface area (Å²) < 4.78 is 10.4. The Morgan fingerprint density at radius 1 is 1.17 bits per heavy atom. The SMILES string of the molecule is O=C(N[C@@H](Cc1ccccc1)C(=O)N1CC[C@H]2OCC(=O)[C@H]21)c1ccoc1.S.S. The quantitative estimate of drug-likeness (QED) is 0.766. The molecular weight excluding hydrogens is 412 g/mol. The number of furan rings is 1. The lowest BCUT2D eigenvalue weighted by molar-refractivity contribution is -0.138. The second-order valence-electron chi connectivity index (χ2n) is 6.81. The molecular formula is C20H24N2O5S2. The number of nitrogens with zero attached hydrogens (tertiary/aromatic N) is 1. The Morgan fingerprint density at radius 2 is 1.93 bits per heavy atom. The summed E-state index contributed by atoms with van der Waals surface area (Å²) >= 11 is 0. The predicted molar refractivity (Wildman–Crippen MR) is 116 cm³/mol. The highest BCUT2D eigenvalue weighted by Crippen LogP contribution is 2.28. The number of likely N-dealkylation sites (tertiary alicyclic amines) is 1. The Hall–Kier alpha value is -2.23. The van der Waals surface area contributed by atoms with Crippen LogP contribution in [0.1, 0.15) is 22.3 Å². The Morgan fingerprint density at radius 3 is 2.62 bits per heavy atom. The second-order valence-corrected chi connectivity index (χ2v) is 6.81. The molecule has 2 saturated heterocycles. The van der Waals surface area contributed by atoms with Crippen molar-refractivity contribution in [2.45, 2.75) is 31.0 Å². The van der Waals surface area contributed by atoms with Crippen molar-refractivity contribution in [1.82, 2.24) is 10.2 Å². The number of Topliss-reactive ketones (excluding diaryl/α,β-unsaturated/α-hetero) is 1. The van der Waals surface area contributed by atoms with Gasteiger partial charge in [0.1, 0.15) is 25.0 Å². The molecule has 2 amide bonds. The summed E-state index contributed by atoms with van der Waals surface area (Å²) in [7, 11) is 0. The van der Waals surface area contributed by atoms with Crippen LogP contribution in [-0.4, -0.2) is 53.8 Å². The maximum absolute atomic E-state index is 13.2. The molecule has 156 valence electrons. The van der Waals surface area contributed by atoms with E-state index in [4.69, 9.17) is 9.15 Å². The van der Waals surface area contributed by atoms with Gasteiger partial charge in [0.2, 0.25) is 5.91 Å². The highest BCUT2D eigenvalue weighted by molar-refractivity contribution is 7.59. The molecule has 0 spiro atoms. The highest BCUT2D eigenvalue weighted by Gasteiger charge is 2.48. The number of amides is 2. The summed E-state index contributed by atoms with van der Waals surface area (Å²) in [6.07, 6.45) is 3.48. The molecule has 1 N–H and O–H groups in total. The van der Waals surface area contributed by atoms with Gasteiger partial charge < -0.3 is 19.4 Å². The molecule has 4 rings (SSSR count). The minimum atomic E-state index is -0.776. The van der Waals surface area contributed by atoms with Gasteiger partial charge in [-0.15, -0.1) is 0 Å². The minimum absolute atomic E-state index is 0. The van der Waals surface area contributed by atoms with Gasteiger partial charge in [-0.05, 0) is 18.1 Å². The van der Waals surface area contributed by atoms with Crippen LogP contribution in [0.4, 0.5) is 0 Å². The molecule has 3 atom stereocenters. The maximum atomic E-state index is 13.2. The van der Waals surface area contributed by atoms with Gasteiger partial charge in [0.15, 0.2) is 5.78 Å². The number of carbonyl (C=O) groups excluding carboxylic acids is 3. The number of nitrogens with one attached hydrogen (secondary N) is 1. The van der Waals surface area contributed by atoms with E-state index in [-0.39, 0.29) is 57.3 Å². The summed E-state index contributed by atoms with van der Waals surface area (Å²) in [5.74, 6) is -0.727. The highest BCUT2D eigenvalue weighted by atomic mass is 32.1. The number of carbonyl (C=O) groups is 3. The van der Waals surface area contributed by atoms with Crippen molar-refractivity contribution in [3.05, 3.63) is 60.1 Å². The summed E-state index contributed by atoms with van der Waals surface area (Å²) in [5, 5.41) is 2.80. The van der Waals surface area contributed by atoms with Crippen LogP contribution in [0.3, 0.4) is 0 Å². The molecule has 3 heterocycles. The van der Waals surface area contributed by atoms with Crippen LogP contribution < -0.4 is 5.32 Å². The van der Waals surface area contributed by atoms with E-state index in [2.05, 4.69) is 5.32 Å². The van der Waals surface area contributed by atoms with Gasteiger partial charge in [0.05, 0.1) is 17.9 Å². The van der Waals surface area contributed by atoms with E-state index in [1.807, 2.05) is 30.3 Å². The van der Waals surface area contributed by atoms with Crippen molar-refractivity contribution in [2.24, 2.45) is 0 Å².